The Morgan fingerprint density at radius 3 is 2.40 bits per heavy atom. The number of hydrogen-bond donors (Lipinski definition) is 2. The maximum atomic E-state index is 10.6. The van der Waals surface area contributed by atoms with Crippen LogP contribution < -0.4 is 0 Å². The molecule has 10 heavy (non-hydrogen) atoms. The Hall–Kier alpha value is -0.410. The lowest BCUT2D eigenvalue weighted by Crippen LogP contribution is -2.29. The fourth-order valence-corrected chi connectivity index (χ4v) is 0.634. The summed E-state index contributed by atoms with van der Waals surface area (Å²) in [5, 5.41) is 17.4. The standard InChI is InChI=1S/C7H14O3/c1-3-5(2)7(10)6(9)4-8/h5,7-8,10H,3-4H2,1-2H3. The minimum Gasteiger partial charge on any atom is -0.388 e. The number of Topliss-reactive ketones (excluding diaryl/α,β-unsaturated/α-hetero) is 1. The number of carbonyl (C=O) groups excluding carboxylic acids is 1. The Bertz CT molecular complexity index is 111. The van der Waals surface area contributed by atoms with E-state index in [1.165, 1.54) is 0 Å². The zero-order chi connectivity index (χ0) is 8.15. The highest BCUT2D eigenvalue weighted by Gasteiger charge is 2.19. The molecule has 0 fully saturated rings. The molecular weight excluding hydrogens is 132 g/mol. The van der Waals surface area contributed by atoms with Crippen molar-refractivity contribution < 1.29 is 15.0 Å². The highest BCUT2D eigenvalue weighted by atomic mass is 16.3. The number of ketones is 1. The zero-order valence-corrected chi connectivity index (χ0v) is 6.37. The van der Waals surface area contributed by atoms with Gasteiger partial charge < -0.3 is 10.2 Å². The molecule has 0 bridgehead atoms. The molecular formula is C7H14O3. The van der Waals surface area contributed by atoms with Crippen molar-refractivity contribution in [3.63, 3.8) is 0 Å². The van der Waals surface area contributed by atoms with Crippen LogP contribution in [0.4, 0.5) is 0 Å². The molecule has 0 spiro atoms. The second kappa shape index (κ2) is 4.41. The average molecular weight is 146 g/mol. The molecule has 0 rings (SSSR count). The summed E-state index contributed by atoms with van der Waals surface area (Å²) in [7, 11) is 0. The Morgan fingerprint density at radius 2 is 2.10 bits per heavy atom. The summed E-state index contributed by atoms with van der Waals surface area (Å²) < 4.78 is 0. The van der Waals surface area contributed by atoms with Gasteiger partial charge in [-0.15, -0.1) is 0 Å². The molecule has 0 aromatic rings. The van der Waals surface area contributed by atoms with Crippen molar-refractivity contribution in [1.82, 2.24) is 0 Å². The van der Waals surface area contributed by atoms with Crippen LogP contribution in [0.1, 0.15) is 20.3 Å². The molecule has 0 aromatic heterocycles. The predicted molar refractivity (Wildman–Crippen MR) is 37.6 cm³/mol. The summed E-state index contributed by atoms with van der Waals surface area (Å²) >= 11 is 0. The quantitative estimate of drug-likeness (QED) is 0.585. The summed E-state index contributed by atoms with van der Waals surface area (Å²) in [5.74, 6) is -0.547. The predicted octanol–water partition coefficient (Wildman–Crippen LogP) is -0.0452. The van der Waals surface area contributed by atoms with Crippen LogP contribution in [-0.4, -0.2) is 28.7 Å². The van der Waals surface area contributed by atoms with E-state index in [1.807, 2.05) is 6.92 Å². The van der Waals surface area contributed by atoms with Crippen molar-refractivity contribution in [2.45, 2.75) is 26.4 Å². The van der Waals surface area contributed by atoms with E-state index in [0.29, 0.717) is 0 Å². The summed E-state index contributed by atoms with van der Waals surface area (Å²) in [6, 6.07) is 0. The molecule has 0 aliphatic heterocycles. The molecule has 3 heteroatoms. The number of rotatable bonds is 4. The van der Waals surface area contributed by atoms with Crippen molar-refractivity contribution >= 4 is 5.78 Å². The van der Waals surface area contributed by atoms with Gasteiger partial charge in [-0.1, -0.05) is 20.3 Å². The summed E-state index contributed by atoms with van der Waals surface area (Å²) in [4.78, 5) is 10.6. The Labute approximate surface area is 60.7 Å². The molecule has 0 saturated carbocycles. The molecule has 0 amide bonds. The monoisotopic (exact) mass is 146 g/mol. The number of hydrogen-bond acceptors (Lipinski definition) is 3. The molecule has 0 aromatic carbocycles. The molecule has 0 aliphatic rings. The SMILES string of the molecule is CCC(C)C(O)C(=O)CO. The smallest absolute Gasteiger partial charge is 0.186 e. The van der Waals surface area contributed by atoms with Crippen molar-refractivity contribution in [2.75, 3.05) is 6.61 Å². The van der Waals surface area contributed by atoms with Gasteiger partial charge in [-0.05, 0) is 5.92 Å². The molecule has 2 unspecified atom stereocenters. The fraction of sp³-hybridized carbons (Fsp3) is 0.857. The summed E-state index contributed by atoms with van der Waals surface area (Å²) in [5.41, 5.74) is 0. The van der Waals surface area contributed by atoms with Gasteiger partial charge in [0.25, 0.3) is 0 Å². The van der Waals surface area contributed by atoms with Gasteiger partial charge in [0.2, 0.25) is 0 Å². The van der Waals surface area contributed by atoms with Gasteiger partial charge >= 0.3 is 0 Å². The van der Waals surface area contributed by atoms with Gasteiger partial charge in [0.05, 0.1) is 0 Å². The first kappa shape index (κ1) is 9.59. The zero-order valence-electron chi connectivity index (χ0n) is 6.37. The number of carbonyl (C=O) groups is 1. The van der Waals surface area contributed by atoms with Crippen LogP contribution in [0, 0.1) is 5.92 Å². The van der Waals surface area contributed by atoms with E-state index in [1.54, 1.807) is 6.92 Å². The van der Waals surface area contributed by atoms with Gasteiger partial charge in [-0.25, -0.2) is 0 Å². The van der Waals surface area contributed by atoms with Crippen molar-refractivity contribution in [3.05, 3.63) is 0 Å². The Kier molecular flexibility index (Phi) is 4.23. The van der Waals surface area contributed by atoms with Crippen LogP contribution >= 0.6 is 0 Å². The molecule has 0 saturated heterocycles. The van der Waals surface area contributed by atoms with E-state index in [2.05, 4.69) is 0 Å². The van der Waals surface area contributed by atoms with Crippen LogP contribution in [0.2, 0.25) is 0 Å². The minimum absolute atomic E-state index is 0.0559. The number of aliphatic hydroxyl groups is 2. The van der Waals surface area contributed by atoms with E-state index in [4.69, 9.17) is 10.2 Å². The summed E-state index contributed by atoms with van der Waals surface area (Å²) in [6.07, 6.45) is -0.248. The molecule has 2 atom stereocenters. The summed E-state index contributed by atoms with van der Waals surface area (Å²) in [6.45, 7) is 3.10. The first-order chi connectivity index (χ1) is 4.63. The van der Waals surface area contributed by atoms with Gasteiger partial charge in [-0.2, -0.15) is 0 Å². The van der Waals surface area contributed by atoms with Gasteiger partial charge in [-0.3, -0.25) is 4.79 Å². The van der Waals surface area contributed by atoms with E-state index in [0.717, 1.165) is 6.42 Å². The third-order valence-corrected chi connectivity index (χ3v) is 1.67. The largest absolute Gasteiger partial charge is 0.388 e. The Balaban J connectivity index is 3.81. The molecule has 3 nitrogen and oxygen atoms in total. The van der Waals surface area contributed by atoms with Gasteiger partial charge in [0.15, 0.2) is 5.78 Å². The van der Waals surface area contributed by atoms with E-state index in [-0.39, 0.29) is 5.92 Å². The maximum absolute atomic E-state index is 10.6. The highest BCUT2D eigenvalue weighted by molar-refractivity contribution is 5.83. The van der Waals surface area contributed by atoms with Gasteiger partial charge in [0, 0.05) is 0 Å². The van der Waals surface area contributed by atoms with Crippen LogP contribution in [-0.2, 0) is 4.79 Å². The maximum Gasteiger partial charge on any atom is 0.186 e. The first-order valence-corrected chi connectivity index (χ1v) is 3.45. The Morgan fingerprint density at radius 1 is 1.60 bits per heavy atom. The highest BCUT2D eigenvalue weighted by Crippen LogP contribution is 2.07. The second-order valence-corrected chi connectivity index (χ2v) is 2.45. The first-order valence-electron chi connectivity index (χ1n) is 3.45. The van der Waals surface area contributed by atoms with Crippen LogP contribution in [0.5, 0.6) is 0 Å². The minimum atomic E-state index is -0.991. The van der Waals surface area contributed by atoms with Crippen molar-refractivity contribution in [3.8, 4) is 0 Å². The lowest BCUT2D eigenvalue weighted by molar-refractivity contribution is -0.132. The van der Waals surface area contributed by atoms with Crippen LogP contribution in [0.3, 0.4) is 0 Å². The van der Waals surface area contributed by atoms with Crippen LogP contribution in [0.15, 0.2) is 0 Å². The van der Waals surface area contributed by atoms with E-state index < -0.39 is 18.5 Å². The topological polar surface area (TPSA) is 57.5 Å². The van der Waals surface area contributed by atoms with Crippen molar-refractivity contribution in [1.29, 1.82) is 0 Å². The second-order valence-electron chi connectivity index (χ2n) is 2.45. The lowest BCUT2D eigenvalue weighted by Gasteiger charge is -2.13. The number of aliphatic hydroxyl groups excluding tert-OH is 2. The fourth-order valence-electron chi connectivity index (χ4n) is 0.634. The molecule has 0 radical (unpaired) electrons. The van der Waals surface area contributed by atoms with Crippen molar-refractivity contribution in [2.24, 2.45) is 5.92 Å². The molecule has 2 N–H and O–H groups in total. The van der Waals surface area contributed by atoms with E-state index >= 15 is 0 Å². The molecule has 0 aliphatic carbocycles. The molecule has 60 valence electrons. The normalized spacial score (nSPS) is 16.4. The third-order valence-electron chi connectivity index (χ3n) is 1.67. The lowest BCUT2D eigenvalue weighted by atomic mass is 9.99. The molecule has 0 heterocycles. The third kappa shape index (κ3) is 2.45. The average Bonchev–Trinajstić information content (AvgIpc) is 2.00. The van der Waals surface area contributed by atoms with E-state index in [9.17, 15) is 4.79 Å². The van der Waals surface area contributed by atoms with Crippen LogP contribution in [0.25, 0.3) is 0 Å². The van der Waals surface area contributed by atoms with Gasteiger partial charge in [0.1, 0.15) is 12.7 Å².